The molecule has 82 valence electrons. The van der Waals surface area contributed by atoms with Crippen molar-refractivity contribution in [3.8, 4) is 0 Å². The fourth-order valence-electron chi connectivity index (χ4n) is 1.87. The molecule has 1 aliphatic rings. The van der Waals surface area contributed by atoms with Crippen LogP contribution in [0.15, 0.2) is 24.3 Å². The highest BCUT2D eigenvalue weighted by atomic mass is 32.2. The SMILES string of the molecule is Cc1ccc(CCNC2CCSC2)cc1. The summed E-state index contributed by atoms with van der Waals surface area (Å²) in [6.07, 6.45) is 2.50. The lowest BCUT2D eigenvalue weighted by atomic mass is 10.1. The van der Waals surface area contributed by atoms with Crippen molar-refractivity contribution in [2.24, 2.45) is 0 Å². The van der Waals surface area contributed by atoms with Crippen LogP contribution in [0.3, 0.4) is 0 Å². The van der Waals surface area contributed by atoms with E-state index in [2.05, 4.69) is 48.3 Å². The van der Waals surface area contributed by atoms with E-state index >= 15 is 0 Å². The van der Waals surface area contributed by atoms with Crippen molar-refractivity contribution in [1.82, 2.24) is 5.32 Å². The molecule has 0 radical (unpaired) electrons. The van der Waals surface area contributed by atoms with Crippen LogP contribution >= 0.6 is 11.8 Å². The van der Waals surface area contributed by atoms with Crippen molar-refractivity contribution >= 4 is 11.8 Å². The Bertz CT molecular complexity index is 288. The first kappa shape index (κ1) is 11.0. The third kappa shape index (κ3) is 3.54. The molecule has 0 spiro atoms. The molecule has 0 amide bonds. The summed E-state index contributed by atoms with van der Waals surface area (Å²) in [5.74, 6) is 2.64. The molecule has 2 rings (SSSR count). The molecule has 1 aromatic rings. The molecule has 0 aromatic heterocycles. The maximum absolute atomic E-state index is 3.62. The number of hydrogen-bond donors (Lipinski definition) is 1. The zero-order chi connectivity index (χ0) is 10.5. The zero-order valence-corrected chi connectivity index (χ0v) is 10.1. The lowest BCUT2D eigenvalue weighted by molar-refractivity contribution is 0.560. The average Bonchev–Trinajstić information content (AvgIpc) is 2.74. The number of nitrogens with one attached hydrogen (secondary N) is 1. The van der Waals surface area contributed by atoms with Crippen LogP contribution in [-0.4, -0.2) is 24.1 Å². The Morgan fingerprint density at radius 3 is 2.80 bits per heavy atom. The minimum Gasteiger partial charge on any atom is -0.313 e. The van der Waals surface area contributed by atoms with Crippen LogP contribution < -0.4 is 5.32 Å². The number of aryl methyl sites for hydroxylation is 1. The van der Waals surface area contributed by atoms with Crippen molar-refractivity contribution in [3.05, 3.63) is 35.4 Å². The summed E-state index contributed by atoms with van der Waals surface area (Å²) in [6.45, 7) is 3.26. The molecule has 1 unspecified atom stereocenters. The van der Waals surface area contributed by atoms with Gasteiger partial charge in [0, 0.05) is 11.8 Å². The Balaban J connectivity index is 1.71. The van der Waals surface area contributed by atoms with E-state index in [1.165, 1.54) is 29.1 Å². The summed E-state index contributed by atoms with van der Waals surface area (Å²) in [7, 11) is 0. The number of rotatable bonds is 4. The van der Waals surface area contributed by atoms with E-state index in [0.717, 1.165) is 19.0 Å². The highest BCUT2D eigenvalue weighted by Gasteiger charge is 2.13. The van der Waals surface area contributed by atoms with E-state index in [1.807, 2.05) is 0 Å². The molecule has 1 aliphatic heterocycles. The van der Waals surface area contributed by atoms with Crippen LogP contribution in [0.25, 0.3) is 0 Å². The van der Waals surface area contributed by atoms with Crippen molar-refractivity contribution in [3.63, 3.8) is 0 Å². The van der Waals surface area contributed by atoms with E-state index in [4.69, 9.17) is 0 Å². The second-order valence-electron chi connectivity index (χ2n) is 4.25. The van der Waals surface area contributed by atoms with Gasteiger partial charge >= 0.3 is 0 Å². The van der Waals surface area contributed by atoms with Crippen molar-refractivity contribution in [2.45, 2.75) is 25.8 Å². The lowest BCUT2D eigenvalue weighted by Gasteiger charge is -2.10. The largest absolute Gasteiger partial charge is 0.313 e. The minimum atomic E-state index is 0.764. The van der Waals surface area contributed by atoms with E-state index in [-0.39, 0.29) is 0 Å². The fourth-order valence-corrected chi connectivity index (χ4v) is 3.06. The van der Waals surface area contributed by atoms with Crippen molar-refractivity contribution < 1.29 is 0 Å². The van der Waals surface area contributed by atoms with Gasteiger partial charge in [0.05, 0.1) is 0 Å². The predicted octanol–water partition coefficient (Wildman–Crippen LogP) is 2.63. The Hall–Kier alpha value is -0.470. The van der Waals surface area contributed by atoms with Crippen LogP contribution in [0, 0.1) is 6.92 Å². The van der Waals surface area contributed by atoms with Crippen LogP contribution in [0.5, 0.6) is 0 Å². The first-order valence-electron chi connectivity index (χ1n) is 5.71. The second kappa shape index (κ2) is 5.57. The molecule has 1 heterocycles. The van der Waals surface area contributed by atoms with Gasteiger partial charge in [0.25, 0.3) is 0 Å². The highest BCUT2D eigenvalue weighted by Crippen LogP contribution is 2.16. The maximum atomic E-state index is 3.62. The standard InChI is InChI=1S/C13H19NS/c1-11-2-4-12(5-3-11)6-8-14-13-7-9-15-10-13/h2-5,13-14H,6-10H2,1H3. The van der Waals surface area contributed by atoms with Crippen molar-refractivity contribution in [1.29, 1.82) is 0 Å². The quantitative estimate of drug-likeness (QED) is 0.839. The fraction of sp³-hybridized carbons (Fsp3) is 0.538. The molecule has 1 saturated heterocycles. The van der Waals surface area contributed by atoms with Gasteiger partial charge in [-0.05, 0) is 37.6 Å². The van der Waals surface area contributed by atoms with Gasteiger partial charge in [-0.25, -0.2) is 0 Å². The molecule has 15 heavy (non-hydrogen) atoms. The maximum Gasteiger partial charge on any atom is 0.0166 e. The summed E-state index contributed by atoms with van der Waals surface area (Å²) in [6, 6.07) is 9.63. The summed E-state index contributed by atoms with van der Waals surface area (Å²) in [5, 5.41) is 3.62. The van der Waals surface area contributed by atoms with Crippen LogP contribution in [0.4, 0.5) is 0 Å². The number of benzene rings is 1. The normalized spacial score (nSPS) is 20.7. The monoisotopic (exact) mass is 221 g/mol. The Kier molecular flexibility index (Phi) is 4.09. The molecular weight excluding hydrogens is 202 g/mol. The predicted molar refractivity (Wildman–Crippen MR) is 68.6 cm³/mol. The van der Waals surface area contributed by atoms with Gasteiger partial charge in [0.1, 0.15) is 0 Å². The average molecular weight is 221 g/mol. The molecule has 0 bridgehead atoms. The van der Waals surface area contributed by atoms with Gasteiger partial charge in [-0.15, -0.1) is 0 Å². The molecule has 1 nitrogen and oxygen atoms in total. The topological polar surface area (TPSA) is 12.0 Å². The minimum absolute atomic E-state index is 0.764. The first-order valence-corrected chi connectivity index (χ1v) is 6.87. The molecule has 1 atom stereocenters. The summed E-state index contributed by atoms with van der Waals surface area (Å²) in [4.78, 5) is 0. The van der Waals surface area contributed by atoms with Gasteiger partial charge in [-0.2, -0.15) is 11.8 Å². The lowest BCUT2D eigenvalue weighted by Crippen LogP contribution is -2.30. The third-order valence-corrected chi connectivity index (χ3v) is 4.06. The van der Waals surface area contributed by atoms with Gasteiger partial charge in [0.2, 0.25) is 0 Å². The smallest absolute Gasteiger partial charge is 0.0166 e. The Labute approximate surface area is 96.7 Å². The Morgan fingerprint density at radius 2 is 2.13 bits per heavy atom. The second-order valence-corrected chi connectivity index (χ2v) is 5.40. The summed E-state index contributed by atoms with van der Waals surface area (Å²) >= 11 is 2.07. The van der Waals surface area contributed by atoms with Crippen LogP contribution in [0.1, 0.15) is 17.5 Å². The Morgan fingerprint density at radius 1 is 1.33 bits per heavy atom. The molecule has 0 aliphatic carbocycles. The van der Waals surface area contributed by atoms with E-state index in [9.17, 15) is 0 Å². The summed E-state index contributed by atoms with van der Waals surface area (Å²) < 4.78 is 0. The number of thioether (sulfide) groups is 1. The number of hydrogen-bond acceptors (Lipinski definition) is 2. The van der Waals surface area contributed by atoms with Gasteiger partial charge < -0.3 is 5.32 Å². The van der Waals surface area contributed by atoms with Crippen LogP contribution in [-0.2, 0) is 6.42 Å². The molecule has 0 saturated carbocycles. The third-order valence-electron chi connectivity index (χ3n) is 2.90. The molecule has 2 heteroatoms. The van der Waals surface area contributed by atoms with Crippen LogP contribution in [0.2, 0.25) is 0 Å². The van der Waals surface area contributed by atoms with Gasteiger partial charge in [-0.3, -0.25) is 0 Å². The van der Waals surface area contributed by atoms with Gasteiger partial charge in [-0.1, -0.05) is 29.8 Å². The molecule has 1 N–H and O–H groups in total. The molecule has 1 aromatic carbocycles. The van der Waals surface area contributed by atoms with E-state index in [0.29, 0.717) is 0 Å². The molecule has 1 fully saturated rings. The highest BCUT2D eigenvalue weighted by molar-refractivity contribution is 7.99. The van der Waals surface area contributed by atoms with E-state index in [1.54, 1.807) is 0 Å². The summed E-state index contributed by atoms with van der Waals surface area (Å²) in [5.41, 5.74) is 2.79. The zero-order valence-electron chi connectivity index (χ0n) is 9.33. The van der Waals surface area contributed by atoms with E-state index < -0.39 is 0 Å². The van der Waals surface area contributed by atoms with Gasteiger partial charge in [0.15, 0.2) is 0 Å². The molecular formula is C13H19NS. The first-order chi connectivity index (χ1) is 7.34. The van der Waals surface area contributed by atoms with Crippen molar-refractivity contribution in [2.75, 3.05) is 18.1 Å².